The summed E-state index contributed by atoms with van der Waals surface area (Å²) in [5.41, 5.74) is 8.58. The molecular weight excluding hydrogens is 282 g/mol. The smallest absolute Gasteiger partial charge is 0.108 e. The SMILES string of the molecule is CN1CC(n2ccc(=S)c(Cc3cccc(N)c3)n2)C=N1. The highest BCUT2D eigenvalue weighted by Crippen LogP contribution is 2.15. The van der Waals surface area contributed by atoms with Crippen molar-refractivity contribution in [1.29, 1.82) is 0 Å². The van der Waals surface area contributed by atoms with E-state index in [2.05, 4.69) is 10.2 Å². The van der Waals surface area contributed by atoms with Gasteiger partial charge in [-0.15, -0.1) is 0 Å². The van der Waals surface area contributed by atoms with Crippen LogP contribution >= 0.6 is 12.2 Å². The molecule has 6 heteroatoms. The fourth-order valence-corrected chi connectivity index (χ4v) is 2.55. The third-order valence-electron chi connectivity index (χ3n) is 3.45. The molecule has 3 rings (SSSR count). The zero-order chi connectivity index (χ0) is 14.8. The first-order valence-electron chi connectivity index (χ1n) is 6.80. The first-order chi connectivity index (χ1) is 10.1. The summed E-state index contributed by atoms with van der Waals surface area (Å²) >= 11 is 5.39. The summed E-state index contributed by atoms with van der Waals surface area (Å²) in [7, 11) is 1.95. The van der Waals surface area contributed by atoms with Gasteiger partial charge in [-0.1, -0.05) is 24.4 Å². The Hall–Kier alpha value is -2.21. The van der Waals surface area contributed by atoms with Gasteiger partial charge in [-0.25, -0.2) is 0 Å². The van der Waals surface area contributed by atoms with Crippen LogP contribution in [0.5, 0.6) is 0 Å². The lowest BCUT2D eigenvalue weighted by Gasteiger charge is -2.14. The van der Waals surface area contributed by atoms with Crippen LogP contribution in [0.1, 0.15) is 17.3 Å². The largest absolute Gasteiger partial charge is 0.399 e. The van der Waals surface area contributed by atoms with Crippen LogP contribution < -0.4 is 5.73 Å². The van der Waals surface area contributed by atoms with E-state index in [0.29, 0.717) is 6.42 Å². The van der Waals surface area contributed by atoms with E-state index in [1.807, 2.05) is 59.5 Å². The normalized spacial score (nSPS) is 17.4. The van der Waals surface area contributed by atoms with Gasteiger partial charge in [-0.2, -0.15) is 10.2 Å². The minimum absolute atomic E-state index is 0.158. The average Bonchev–Trinajstić information content (AvgIpc) is 2.88. The monoisotopic (exact) mass is 299 g/mol. The van der Waals surface area contributed by atoms with Gasteiger partial charge in [0.2, 0.25) is 0 Å². The maximum atomic E-state index is 5.82. The zero-order valence-electron chi connectivity index (χ0n) is 11.8. The van der Waals surface area contributed by atoms with Gasteiger partial charge in [0.05, 0.1) is 23.0 Å². The number of nitrogens with zero attached hydrogens (tertiary/aromatic N) is 4. The molecule has 0 aliphatic carbocycles. The molecule has 1 aliphatic rings. The van der Waals surface area contributed by atoms with Crippen molar-refractivity contribution < 1.29 is 0 Å². The van der Waals surface area contributed by atoms with Crippen LogP contribution in [-0.2, 0) is 6.42 Å². The molecule has 0 bridgehead atoms. The van der Waals surface area contributed by atoms with Crippen LogP contribution in [-0.4, -0.2) is 34.6 Å². The second kappa shape index (κ2) is 5.65. The Morgan fingerprint density at radius 1 is 1.38 bits per heavy atom. The minimum Gasteiger partial charge on any atom is -0.399 e. The topological polar surface area (TPSA) is 59.4 Å². The lowest BCUT2D eigenvalue weighted by atomic mass is 10.1. The van der Waals surface area contributed by atoms with Crippen molar-refractivity contribution in [2.75, 3.05) is 19.3 Å². The van der Waals surface area contributed by atoms with E-state index in [0.717, 1.165) is 28.0 Å². The fraction of sp³-hybridized carbons (Fsp3) is 0.267. The van der Waals surface area contributed by atoms with Crippen LogP contribution in [0.25, 0.3) is 0 Å². The quantitative estimate of drug-likeness (QED) is 0.697. The molecule has 0 spiro atoms. The molecule has 0 saturated heterocycles. The molecule has 2 heterocycles. The number of rotatable bonds is 3. The van der Waals surface area contributed by atoms with Crippen molar-refractivity contribution in [2.45, 2.75) is 12.5 Å². The van der Waals surface area contributed by atoms with Crippen molar-refractivity contribution >= 4 is 24.1 Å². The van der Waals surface area contributed by atoms with Gasteiger partial charge in [0, 0.05) is 25.4 Å². The standard InChI is InChI=1S/C15H17N5S/c1-19-10-13(9-17-19)20-6-5-15(21)14(18-20)8-11-3-2-4-12(16)7-11/h2-7,9,13H,8,10,16H2,1H3. The lowest BCUT2D eigenvalue weighted by molar-refractivity contribution is 0.348. The molecule has 21 heavy (non-hydrogen) atoms. The molecule has 0 amide bonds. The van der Waals surface area contributed by atoms with Crippen LogP contribution in [0, 0.1) is 4.51 Å². The van der Waals surface area contributed by atoms with E-state index in [1.54, 1.807) is 0 Å². The highest BCUT2D eigenvalue weighted by Gasteiger charge is 2.16. The highest BCUT2D eigenvalue weighted by atomic mass is 32.1. The van der Waals surface area contributed by atoms with E-state index in [1.165, 1.54) is 0 Å². The van der Waals surface area contributed by atoms with Gasteiger partial charge < -0.3 is 5.73 Å². The van der Waals surface area contributed by atoms with Crippen LogP contribution in [0.2, 0.25) is 0 Å². The Labute approximate surface area is 128 Å². The Balaban J connectivity index is 1.88. The molecule has 0 radical (unpaired) electrons. The van der Waals surface area contributed by atoms with Gasteiger partial charge in [0.15, 0.2) is 0 Å². The first kappa shape index (κ1) is 13.8. The number of benzene rings is 1. The Bertz CT molecular complexity index is 737. The molecule has 2 aromatic rings. The number of anilines is 1. The molecule has 2 N–H and O–H groups in total. The molecule has 0 saturated carbocycles. The van der Waals surface area contributed by atoms with Gasteiger partial charge in [-0.3, -0.25) is 9.69 Å². The maximum Gasteiger partial charge on any atom is 0.108 e. The second-order valence-corrected chi connectivity index (χ2v) is 5.64. The van der Waals surface area contributed by atoms with Crippen molar-refractivity contribution in [3.63, 3.8) is 0 Å². The van der Waals surface area contributed by atoms with Crippen molar-refractivity contribution in [3.05, 3.63) is 52.3 Å². The van der Waals surface area contributed by atoms with Crippen molar-refractivity contribution in [3.8, 4) is 0 Å². The van der Waals surface area contributed by atoms with Gasteiger partial charge in [0.1, 0.15) is 6.04 Å². The summed E-state index contributed by atoms with van der Waals surface area (Å²) in [6.07, 6.45) is 4.51. The molecule has 1 atom stereocenters. The maximum absolute atomic E-state index is 5.82. The summed E-state index contributed by atoms with van der Waals surface area (Å²) in [5.74, 6) is 0. The van der Waals surface area contributed by atoms with Crippen molar-refractivity contribution in [1.82, 2.24) is 14.8 Å². The third-order valence-corrected chi connectivity index (χ3v) is 3.82. The third kappa shape index (κ3) is 3.11. The number of aromatic nitrogens is 2. The molecular formula is C15H17N5S. The molecule has 1 aromatic carbocycles. The number of hydrogen-bond donors (Lipinski definition) is 1. The van der Waals surface area contributed by atoms with E-state index in [9.17, 15) is 0 Å². The Morgan fingerprint density at radius 2 is 2.24 bits per heavy atom. The second-order valence-electron chi connectivity index (χ2n) is 5.20. The molecule has 1 unspecified atom stereocenters. The van der Waals surface area contributed by atoms with Crippen LogP contribution in [0.4, 0.5) is 5.69 Å². The lowest BCUT2D eigenvalue weighted by Crippen LogP contribution is -2.20. The Kier molecular flexibility index (Phi) is 3.70. The van der Waals surface area contributed by atoms with E-state index in [4.69, 9.17) is 18.0 Å². The number of likely N-dealkylation sites (N-methyl/N-ethyl adjacent to an activating group) is 1. The predicted octanol–water partition coefficient (Wildman–Crippen LogP) is 2.26. The zero-order valence-corrected chi connectivity index (χ0v) is 12.6. The summed E-state index contributed by atoms with van der Waals surface area (Å²) in [4.78, 5) is 0. The summed E-state index contributed by atoms with van der Waals surface area (Å²) in [6, 6.07) is 9.90. The summed E-state index contributed by atoms with van der Waals surface area (Å²) in [5, 5.41) is 10.8. The van der Waals surface area contributed by atoms with E-state index >= 15 is 0 Å². The summed E-state index contributed by atoms with van der Waals surface area (Å²) < 4.78 is 2.70. The highest BCUT2D eigenvalue weighted by molar-refractivity contribution is 7.71. The van der Waals surface area contributed by atoms with Gasteiger partial charge >= 0.3 is 0 Å². The van der Waals surface area contributed by atoms with Crippen molar-refractivity contribution in [2.24, 2.45) is 5.10 Å². The minimum atomic E-state index is 0.158. The molecule has 108 valence electrons. The molecule has 0 fully saturated rings. The first-order valence-corrected chi connectivity index (χ1v) is 7.20. The van der Waals surface area contributed by atoms with Gasteiger partial charge in [0.25, 0.3) is 0 Å². The summed E-state index contributed by atoms with van der Waals surface area (Å²) in [6.45, 7) is 0.826. The molecule has 5 nitrogen and oxygen atoms in total. The number of nitrogens with two attached hydrogens (primary N) is 1. The van der Waals surface area contributed by atoms with Crippen LogP contribution in [0.3, 0.4) is 0 Å². The van der Waals surface area contributed by atoms with Crippen LogP contribution in [0.15, 0.2) is 41.6 Å². The molecule has 1 aliphatic heterocycles. The van der Waals surface area contributed by atoms with E-state index in [-0.39, 0.29) is 6.04 Å². The number of hydrazone groups is 1. The Morgan fingerprint density at radius 3 is 2.95 bits per heavy atom. The predicted molar refractivity (Wildman–Crippen MR) is 86.9 cm³/mol. The van der Waals surface area contributed by atoms with Gasteiger partial charge in [-0.05, 0) is 23.8 Å². The van der Waals surface area contributed by atoms with E-state index < -0.39 is 0 Å². The number of nitrogen functional groups attached to an aromatic ring is 1. The number of hydrogen-bond acceptors (Lipinski definition) is 5. The average molecular weight is 299 g/mol. The molecule has 1 aromatic heterocycles. The fourth-order valence-electron chi connectivity index (χ4n) is 2.37.